The van der Waals surface area contributed by atoms with E-state index in [1.807, 2.05) is 42.5 Å². The number of amides is 1. The van der Waals surface area contributed by atoms with Crippen molar-refractivity contribution in [3.8, 4) is 11.4 Å². The third kappa shape index (κ3) is 4.13. The van der Waals surface area contributed by atoms with E-state index < -0.39 is 15.9 Å². The molecule has 1 saturated heterocycles. The minimum absolute atomic E-state index is 0.0516. The van der Waals surface area contributed by atoms with Crippen molar-refractivity contribution in [1.82, 2.24) is 14.3 Å². The van der Waals surface area contributed by atoms with Crippen LogP contribution in [0.4, 0.5) is 5.69 Å². The van der Waals surface area contributed by atoms with Crippen molar-refractivity contribution in [3.05, 3.63) is 77.3 Å². The number of hydrogen-bond donors (Lipinski definition) is 2. The third-order valence-electron chi connectivity index (χ3n) is 5.70. The number of carbonyl (C=O) groups excluding carboxylic acids is 1. The van der Waals surface area contributed by atoms with E-state index in [0.717, 1.165) is 29.4 Å². The molecule has 7 nitrogen and oxygen atoms in total. The van der Waals surface area contributed by atoms with Gasteiger partial charge in [-0.05, 0) is 55.3 Å². The number of hydrogen-bond acceptors (Lipinski definition) is 4. The molecule has 2 N–H and O–H groups in total. The van der Waals surface area contributed by atoms with Crippen LogP contribution in [0.2, 0.25) is 5.02 Å². The highest BCUT2D eigenvalue weighted by Crippen LogP contribution is 2.30. The van der Waals surface area contributed by atoms with Gasteiger partial charge in [-0.15, -0.1) is 0 Å². The summed E-state index contributed by atoms with van der Waals surface area (Å²) in [4.78, 5) is 20.9. The summed E-state index contributed by atoms with van der Waals surface area (Å²) in [5, 5.41) is 2.99. The Kier molecular flexibility index (Phi) is 5.65. The van der Waals surface area contributed by atoms with Crippen LogP contribution in [-0.2, 0) is 10.0 Å². The van der Waals surface area contributed by atoms with Gasteiger partial charge in [0.2, 0.25) is 10.0 Å². The molecule has 1 fully saturated rings. The first kappa shape index (κ1) is 21.6. The molecule has 168 valence electrons. The van der Waals surface area contributed by atoms with Crippen LogP contribution in [0.25, 0.3) is 22.4 Å². The van der Waals surface area contributed by atoms with Gasteiger partial charge in [-0.25, -0.2) is 13.4 Å². The van der Waals surface area contributed by atoms with Crippen LogP contribution < -0.4 is 5.32 Å². The maximum absolute atomic E-state index is 13.1. The van der Waals surface area contributed by atoms with Crippen molar-refractivity contribution >= 4 is 44.3 Å². The van der Waals surface area contributed by atoms with E-state index >= 15 is 0 Å². The van der Waals surface area contributed by atoms with Crippen molar-refractivity contribution < 1.29 is 13.2 Å². The molecule has 3 aromatic carbocycles. The van der Waals surface area contributed by atoms with Gasteiger partial charge >= 0.3 is 0 Å². The smallest absolute Gasteiger partial charge is 0.255 e. The first-order valence-electron chi connectivity index (χ1n) is 10.6. The monoisotopic (exact) mass is 480 g/mol. The van der Waals surface area contributed by atoms with Crippen molar-refractivity contribution in [1.29, 1.82) is 0 Å². The van der Waals surface area contributed by atoms with Crippen LogP contribution in [0.5, 0.6) is 0 Å². The zero-order valence-corrected chi connectivity index (χ0v) is 19.2. The lowest BCUT2D eigenvalue weighted by Crippen LogP contribution is -2.28. The van der Waals surface area contributed by atoms with Crippen molar-refractivity contribution in [3.63, 3.8) is 0 Å². The second kappa shape index (κ2) is 8.62. The first-order chi connectivity index (χ1) is 15.9. The molecule has 1 amide bonds. The van der Waals surface area contributed by atoms with Gasteiger partial charge in [-0.3, -0.25) is 4.79 Å². The zero-order chi connectivity index (χ0) is 23.0. The molecule has 2 heterocycles. The molecule has 0 atom stereocenters. The number of nitrogens with zero attached hydrogens (tertiary/aromatic N) is 2. The number of rotatable bonds is 5. The van der Waals surface area contributed by atoms with E-state index in [2.05, 4.69) is 15.3 Å². The standard InChI is InChI=1S/C24H21ClN4O3S/c25-18-12-11-16(15-22(18)33(31,32)29-13-5-6-14-29)24(30)28-19-8-2-1-7-17(19)23-26-20-9-3-4-10-21(20)27-23/h1-4,7-12,15H,5-6,13-14H2,(H,26,27)(H,28,30). The predicted octanol–water partition coefficient (Wildman–Crippen LogP) is 4.92. The lowest BCUT2D eigenvalue weighted by molar-refractivity contribution is 0.102. The molecule has 9 heteroatoms. The Morgan fingerprint density at radius 3 is 2.52 bits per heavy atom. The predicted molar refractivity (Wildman–Crippen MR) is 129 cm³/mol. The molecule has 33 heavy (non-hydrogen) atoms. The molecule has 5 rings (SSSR count). The van der Waals surface area contributed by atoms with E-state index in [9.17, 15) is 13.2 Å². The topological polar surface area (TPSA) is 95.2 Å². The number of halogens is 1. The second-order valence-electron chi connectivity index (χ2n) is 7.86. The summed E-state index contributed by atoms with van der Waals surface area (Å²) in [6.07, 6.45) is 1.63. The molecule has 0 aliphatic carbocycles. The first-order valence-corrected chi connectivity index (χ1v) is 12.4. The largest absolute Gasteiger partial charge is 0.338 e. The number of para-hydroxylation sites is 3. The molecule has 0 saturated carbocycles. The lowest BCUT2D eigenvalue weighted by atomic mass is 10.1. The summed E-state index contributed by atoms with van der Waals surface area (Å²) in [5.41, 5.74) is 3.20. The molecule has 0 radical (unpaired) electrons. The summed E-state index contributed by atoms with van der Waals surface area (Å²) >= 11 is 6.22. The molecular weight excluding hydrogens is 460 g/mol. The molecule has 0 bridgehead atoms. The van der Waals surface area contributed by atoms with Crippen LogP contribution >= 0.6 is 11.6 Å². The van der Waals surface area contributed by atoms with Gasteiger partial charge in [0.1, 0.15) is 10.7 Å². The maximum Gasteiger partial charge on any atom is 0.255 e. The van der Waals surface area contributed by atoms with Crippen LogP contribution in [-0.4, -0.2) is 41.7 Å². The quantitative estimate of drug-likeness (QED) is 0.424. The second-order valence-corrected chi connectivity index (χ2v) is 10.2. The van der Waals surface area contributed by atoms with Gasteiger partial charge in [0.25, 0.3) is 5.91 Å². The highest BCUT2D eigenvalue weighted by atomic mass is 35.5. The molecular formula is C24H21ClN4O3S. The number of aromatic amines is 1. The van der Waals surface area contributed by atoms with Crippen molar-refractivity contribution in [2.75, 3.05) is 18.4 Å². The normalized spacial score (nSPS) is 14.6. The highest BCUT2D eigenvalue weighted by Gasteiger charge is 2.30. The minimum atomic E-state index is -3.76. The van der Waals surface area contributed by atoms with E-state index in [0.29, 0.717) is 24.6 Å². The van der Waals surface area contributed by atoms with E-state index in [4.69, 9.17) is 11.6 Å². The summed E-state index contributed by atoms with van der Waals surface area (Å²) in [6.45, 7) is 0.917. The van der Waals surface area contributed by atoms with Gasteiger partial charge < -0.3 is 10.3 Å². The van der Waals surface area contributed by atoms with Crippen LogP contribution in [0.15, 0.2) is 71.6 Å². The minimum Gasteiger partial charge on any atom is -0.338 e. The Hall–Kier alpha value is -3.20. The van der Waals surface area contributed by atoms with E-state index in [1.165, 1.54) is 22.5 Å². The Labute approximate surface area is 196 Å². The highest BCUT2D eigenvalue weighted by molar-refractivity contribution is 7.89. The molecule has 0 spiro atoms. The summed E-state index contributed by atoms with van der Waals surface area (Å²) in [7, 11) is -3.76. The number of aromatic nitrogens is 2. The molecule has 0 unspecified atom stereocenters. The molecule has 1 aliphatic heterocycles. The van der Waals surface area contributed by atoms with E-state index in [1.54, 1.807) is 6.07 Å². The maximum atomic E-state index is 13.1. The Morgan fingerprint density at radius 1 is 1.00 bits per heavy atom. The molecule has 1 aliphatic rings. The number of carbonyl (C=O) groups is 1. The van der Waals surface area contributed by atoms with Gasteiger partial charge in [-0.2, -0.15) is 4.31 Å². The number of anilines is 1. The average Bonchev–Trinajstić information content (AvgIpc) is 3.50. The fourth-order valence-electron chi connectivity index (χ4n) is 3.98. The number of sulfonamides is 1. The van der Waals surface area contributed by atoms with Gasteiger partial charge in [0.15, 0.2) is 0 Å². The number of H-pyrrole nitrogens is 1. The van der Waals surface area contributed by atoms with Crippen molar-refractivity contribution in [2.24, 2.45) is 0 Å². The summed E-state index contributed by atoms with van der Waals surface area (Å²) < 4.78 is 27.4. The van der Waals surface area contributed by atoms with Gasteiger partial charge in [0, 0.05) is 24.2 Å². The summed E-state index contributed by atoms with van der Waals surface area (Å²) in [6, 6.07) is 19.3. The Bertz CT molecular complexity index is 1430. The summed E-state index contributed by atoms with van der Waals surface area (Å²) in [5.74, 6) is 0.189. The number of benzene rings is 3. The number of imidazole rings is 1. The SMILES string of the molecule is O=C(Nc1ccccc1-c1nc2ccccc2[nH]1)c1ccc(Cl)c(S(=O)(=O)N2CCCC2)c1. The fourth-order valence-corrected chi connectivity index (χ4v) is 6.00. The molecule has 1 aromatic heterocycles. The van der Waals surface area contributed by atoms with Crippen LogP contribution in [0.3, 0.4) is 0 Å². The van der Waals surface area contributed by atoms with Crippen molar-refractivity contribution in [2.45, 2.75) is 17.7 Å². The zero-order valence-electron chi connectivity index (χ0n) is 17.6. The van der Waals surface area contributed by atoms with E-state index in [-0.39, 0.29) is 15.5 Å². The van der Waals surface area contributed by atoms with Gasteiger partial charge in [-0.1, -0.05) is 35.9 Å². The van der Waals surface area contributed by atoms with Crippen LogP contribution in [0.1, 0.15) is 23.2 Å². The number of nitrogens with one attached hydrogen (secondary N) is 2. The Balaban J connectivity index is 1.46. The third-order valence-corrected chi connectivity index (χ3v) is 8.08. The fraction of sp³-hybridized carbons (Fsp3) is 0.167. The number of fused-ring (bicyclic) bond motifs is 1. The van der Waals surface area contributed by atoms with Crippen LogP contribution in [0, 0.1) is 0 Å². The average molecular weight is 481 g/mol. The van der Waals surface area contributed by atoms with Gasteiger partial charge in [0.05, 0.1) is 21.7 Å². The lowest BCUT2D eigenvalue weighted by Gasteiger charge is -2.17. The molecule has 4 aromatic rings. The Morgan fingerprint density at radius 2 is 1.73 bits per heavy atom.